The molecule has 0 bridgehead atoms. The number of carbonyl (C=O) groups excluding carboxylic acids is 3. The van der Waals surface area contributed by atoms with Gasteiger partial charge >= 0.3 is 5.97 Å². The Kier molecular flexibility index (Phi) is 7.56. The number of nitrogens with one attached hydrogen (secondary N) is 2. The maximum absolute atomic E-state index is 12.0. The first-order valence-electron chi connectivity index (χ1n) is 8.95. The highest BCUT2D eigenvalue weighted by molar-refractivity contribution is 5.95. The summed E-state index contributed by atoms with van der Waals surface area (Å²) in [4.78, 5) is 35.8. The van der Waals surface area contributed by atoms with Gasteiger partial charge in [0.15, 0.2) is 12.7 Å². The number of hydrazine groups is 1. The third kappa shape index (κ3) is 6.12. The van der Waals surface area contributed by atoms with Gasteiger partial charge in [-0.15, -0.1) is 0 Å². The van der Waals surface area contributed by atoms with E-state index in [9.17, 15) is 14.4 Å². The molecule has 0 aliphatic carbocycles. The molecule has 0 fully saturated rings. The molecular formula is C21H24N2O5. The van der Waals surface area contributed by atoms with Crippen LogP contribution in [0.25, 0.3) is 0 Å². The maximum atomic E-state index is 12.0. The highest BCUT2D eigenvalue weighted by Gasteiger charge is 2.19. The summed E-state index contributed by atoms with van der Waals surface area (Å²) in [6.07, 6.45) is -1.09. The van der Waals surface area contributed by atoms with E-state index < -0.39 is 23.9 Å². The van der Waals surface area contributed by atoms with Crippen LogP contribution in [-0.2, 0) is 14.3 Å². The molecule has 28 heavy (non-hydrogen) atoms. The van der Waals surface area contributed by atoms with E-state index >= 15 is 0 Å². The highest BCUT2D eigenvalue weighted by Crippen LogP contribution is 2.25. The normalized spacial score (nSPS) is 11.4. The van der Waals surface area contributed by atoms with Crippen LogP contribution in [0.2, 0.25) is 0 Å². The molecule has 2 N–H and O–H groups in total. The van der Waals surface area contributed by atoms with Crippen molar-refractivity contribution in [3.05, 3.63) is 65.7 Å². The Labute approximate surface area is 164 Å². The average molecular weight is 384 g/mol. The maximum Gasteiger partial charge on any atom is 0.344 e. The van der Waals surface area contributed by atoms with Crippen LogP contribution >= 0.6 is 0 Å². The Balaban J connectivity index is 1.78. The summed E-state index contributed by atoms with van der Waals surface area (Å²) < 4.78 is 10.6. The Morgan fingerprint density at radius 1 is 0.893 bits per heavy atom. The summed E-state index contributed by atoms with van der Waals surface area (Å²) >= 11 is 0. The number of amides is 2. The van der Waals surface area contributed by atoms with Crippen molar-refractivity contribution in [3.8, 4) is 5.75 Å². The van der Waals surface area contributed by atoms with Crippen LogP contribution in [0.3, 0.4) is 0 Å². The summed E-state index contributed by atoms with van der Waals surface area (Å²) in [7, 11) is 0. The van der Waals surface area contributed by atoms with Gasteiger partial charge in [-0.25, -0.2) is 4.79 Å². The largest absolute Gasteiger partial charge is 0.482 e. The van der Waals surface area contributed by atoms with Crippen LogP contribution in [0.4, 0.5) is 0 Å². The summed E-state index contributed by atoms with van der Waals surface area (Å²) in [5, 5.41) is 0. The lowest BCUT2D eigenvalue weighted by molar-refractivity contribution is -0.156. The van der Waals surface area contributed by atoms with Crippen molar-refractivity contribution in [2.24, 2.45) is 0 Å². The molecule has 1 atom stereocenters. The fourth-order valence-electron chi connectivity index (χ4n) is 2.39. The second kappa shape index (κ2) is 10.1. The molecule has 0 radical (unpaired) electrons. The number of ether oxygens (including phenoxy) is 2. The van der Waals surface area contributed by atoms with Crippen molar-refractivity contribution in [3.63, 3.8) is 0 Å². The van der Waals surface area contributed by atoms with E-state index in [2.05, 4.69) is 10.9 Å². The van der Waals surface area contributed by atoms with E-state index in [1.807, 2.05) is 32.0 Å². The first-order chi connectivity index (χ1) is 13.4. The van der Waals surface area contributed by atoms with Gasteiger partial charge in [0.2, 0.25) is 0 Å². The number of carbonyl (C=O) groups is 3. The van der Waals surface area contributed by atoms with Gasteiger partial charge in [0.25, 0.3) is 11.8 Å². The molecule has 7 nitrogen and oxygen atoms in total. The minimum absolute atomic E-state index is 0.241. The molecular weight excluding hydrogens is 360 g/mol. The molecule has 0 saturated heterocycles. The molecule has 2 aromatic rings. The molecule has 148 valence electrons. The molecule has 2 aromatic carbocycles. The van der Waals surface area contributed by atoms with Crippen molar-refractivity contribution in [2.75, 3.05) is 6.61 Å². The van der Waals surface area contributed by atoms with Crippen LogP contribution in [0.5, 0.6) is 5.75 Å². The molecule has 7 heteroatoms. The molecule has 0 aliphatic heterocycles. The quantitative estimate of drug-likeness (QED) is 0.565. The second-order valence-corrected chi connectivity index (χ2v) is 6.42. The van der Waals surface area contributed by atoms with Crippen LogP contribution in [0, 0.1) is 0 Å². The number of para-hydroxylation sites is 1. The van der Waals surface area contributed by atoms with Gasteiger partial charge in [-0.1, -0.05) is 50.2 Å². The number of hydrogen-bond acceptors (Lipinski definition) is 5. The first kappa shape index (κ1) is 21.0. The topological polar surface area (TPSA) is 93.7 Å². The van der Waals surface area contributed by atoms with Crippen LogP contribution in [0.1, 0.15) is 42.6 Å². The molecule has 0 heterocycles. The zero-order valence-corrected chi connectivity index (χ0v) is 16.1. The summed E-state index contributed by atoms with van der Waals surface area (Å²) in [5.41, 5.74) is 5.87. The molecule has 0 unspecified atom stereocenters. The summed E-state index contributed by atoms with van der Waals surface area (Å²) in [5.74, 6) is -0.969. The Morgan fingerprint density at radius 2 is 1.54 bits per heavy atom. The third-order valence-electron chi connectivity index (χ3n) is 3.90. The number of esters is 1. The van der Waals surface area contributed by atoms with Crippen molar-refractivity contribution >= 4 is 17.8 Å². The minimum Gasteiger partial charge on any atom is -0.482 e. The second-order valence-electron chi connectivity index (χ2n) is 6.42. The molecule has 0 spiro atoms. The van der Waals surface area contributed by atoms with Gasteiger partial charge in [-0.05, 0) is 36.6 Å². The molecule has 0 saturated carbocycles. The van der Waals surface area contributed by atoms with Crippen molar-refractivity contribution in [2.45, 2.75) is 32.8 Å². The molecule has 0 aromatic heterocycles. The van der Waals surface area contributed by atoms with Crippen LogP contribution in [0.15, 0.2) is 54.6 Å². The van der Waals surface area contributed by atoms with Crippen molar-refractivity contribution in [1.29, 1.82) is 0 Å². The number of rotatable bonds is 7. The van der Waals surface area contributed by atoms with Crippen LogP contribution < -0.4 is 15.6 Å². The van der Waals surface area contributed by atoms with E-state index in [-0.39, 0.29) is 12.5 Å². The fourth-order valence-corrected chi connectivity index (χ4v) is 2.39. The van der Waals surface area contributed by atoms with Gasteiger partial charge in [0.05, 0.1) is 0 Å². The van der Waals surface area contributed by atoms with Gasteiger partial charge in [0.1, 0.15) is 5.75 Å². The Bertz CT molecular complexity index is 821. The van der Waals surface area contributed by atoms with E-state index in [0.29, 0.717) is 11.3 Å². The SMILES string of the molecule is CC(C)c1ccccc1OCC(=O)O[C@H](C)C(=O)NNC(=O)c1ccccc1. The van der Waals surface area contributed by atoms with Crippen molar-refractivity contribution in [1.82, 2.24) is 10.9 Å². The predicted octanol–water partition coefficient (Wildman–Crippen LogP) is 2.58. The van der Waals surface area contributed by atoms with Gasteiger partial charge in [0, 0.05) is 5.56 Å². The lowest BCUT2D eigenvalue weighted by Crippen LogP contribution is -2.47. The number of hydrogen-bond donors (Lipinski definition) is 2. The van der Waals surface area contributed by atoms with E-state index in [1.165, 1.54) is 6.92 Å². The van der Waals surface area contributed by atoms with E-state index in [4.69, 9.17) is 9.47 Å². The lowest BCUT2D eigenvalue weighted by Gasteiger charge is -2.16. The average Bonchev–Trinajstić information content (AvgIpc) is 2.70. The zero-order valence-electron chi connectivity index (χ0n) is 16.1. The first-order valence-corrected chi connectivity index (χ1v) is 8.95. The highest BCUT2D eigenvalue weighted by atomic mass is 16.6. The monoisotopic (exact) mass is 384 g/mol. The van der Waals surface area contributed by atoms with Gasteiger partial charge in [-0.3, -0.25) is 20.4 Å². The fraction of sp³-hybridized carbons (Fsp3) is 0.286. The molecule has 2 rings (SSSR count). The van der Waals surface area contributed by atoms with Gasteiger partial charge in [-0.2, -0.15) is 0 Å². The minimum atomic E-state index is -1.09. The molecule has 0 aliphatic rings. The van der Waals surface area contributed by atoms with Crippen molar-refractivity contribution < 1.29 is 23.9 Å². The smallest absolute Gasteiger partial charge is 0.344 e. The van der Waals surface area contributed by atoms with Crippen LogP contribution in [-0.4, -0.2) is 30.5 Å². The molecule has 2 amide bonds. The Hall–Kier alpha value is -3.35. The third-order valence-corrected chi connectivity index (χ3v) is 3.90. The Morgan fingerprint density at radius 3 is 2.21 bits per heavy atom. The lowest BCUT2D eigenvalue weighted by atomic mass is 10.0. The predicted molar refractivity (Wildman–Crippen MR) is 104 cm³/mol. The number of benzene rings is 2. The van der Waals surface area contributed by atoms with E-state index in [1.54, 1.807) is 36.4 Å². The standard InChI is InChI=1S/C21H24N2O5/c1-14(2)17-11-7-8-12-18(17)27-13-19(24)28-15(3)20(25)22-23-21(26)16-9-5-4-6-10-16/h4-12,14-15H,13H2,1-3H3,(H,22,25)(H,23,26)/t15-/m1/s1. The summed E-state index contributed by atoms with van der Waals surface area (Å²) in [6.45, 7) is 5.13. The zero-order chi connectivity index (χ0) is 20.5. The summed E-state index contributed by atoms with van der Waals surface area (Å²) in [6, 6.07) is 15.8. The van der Waals surface area contributed by atoms with E-state index in [0.717, 1.165) is 5.56 Å². The van der Waals surface area contributed by atoms with Gasteiger partial charge < -0.3 is 9.47 Å².